The van der Waals surface area contributed by atoms with Crippen LogP contribution in [0.5, 0.6) is 5.75 Å². The van der Waals surface area contributed by atoms with E-state index in [9.17, 15) is 4.79 Å². The monoisotopic (exact) mass is 351 g/mol. The summed E-state index contributed by atoms with van der Waals surface area (Å²) in [5, 5.41) is 9.35. The maximum atomic E-state index is 12.2. The van der Waals surface area contributed by atoms with E-state index in [1.807, 2.05) is 60.8 Å². The molecule has 0 aliphatic carbocycles. The smallest absolute Gasteiger partial charge is 0.255 e. The van der Waals surface area contributed by atoms with Gasteiger partial charge in [-0.2, -0.15) is 0 Å². The van der Waals surface area contributed by atoms with Gasteiger partial charge in [0, 0.05) is 11.1 Å². The fraction of sp³-hybridized carbons (Fsp3) is 0.158. The topological polar surface area (TPSA) is 63.2 Å². The first kappa shape index (κ1) is 15.7. The van der Waals surface area contributed by atoms with Crippen molar-refractivity contribution in [1.29, 1.82) is 0 Å². The second-order valence-corrected chi connectivity index (χ2v) is 6.87. The van der Waals surface area contributed by atoms with Crippen molar-refractivity contribution in [3.05, 3.63) is 75.7 Å². The summed E-state index contributed by atoms with van der Waals surface area (Å²) in [6.07, 6.45) is -0.252. The predicted octanol–water partition coefficient (Wildman–Crippen LogP) is 3.88. The Hall–Kier alpha value is -2.86. The molecule has 4 rings (SSSR count). The molecule has 0 saturated heterocycles. The van der Waals surface area contributed by atoms with Gasteiger partial charge in [-0.3, -0.25) is 4.79 Å². The van der Waals surface area contributed by atoms with Gasteiger partial charge < -0.3 is 15.4 Å². The van der Waals surface area contributed by atoms with Crippen LogP contribution in [0.2, 0.25) is 0 Å². The number of carbonyl (C=O) groups excluding carboxylic acids is 1. The lowest BCUT2D eigenvalue weighted by molar-refractivity contribution is 0.0935. The van der Waals surface area contributed by atoms with E-state index in [1.54, 1.807) is 11.3 Å². The SMILES string of the molecule is Cc1nc(COc2ccc(C3NC(=O)c4ccccc4N3)cc2)cs1. The summed E-state index contributed by atoms with van der Waals surface area (Å²) in [6, 6.07) is 15.2. The van der Waals surface area contributed by atoms with Crippen LogP contribution in [0, 0.1) is 6.92 Å². The molecule has 1 unspecified atom stereocenters. The Morgan fingerprint density at radius 1 is 1.12 bits per heavy atom. The van der Waals surface area contributed by atoms with Gasteiger partial charge in [0.05, 0.1) is 16.3 Å². The zero-order valence-electron chi connectivity index (χ0n) is 13.7. The van der Waals surface area contributed by atoms with E-state index in [0.29, 0.717) is 12.2 Å². The summed E-state index contributed by atoms with van der Waals surface area (Å²) >= 11 is 1.62. The second kappa shape index (κ2) is 6.57. The molecule has 3 aromatic rings. The third-order valence-electron chi connectivity index (χ3n) is 4.01. The number of amides is 1. The zero-order chi connectivity index (χ0) is 17.2. The summed E-state index contributed by atoms with van der Waals surface area (Å²) in [7, 11) is 0. The van der Waals surface area contributed by atoms with Crippen LogP contribution in [0.1, 0.15) is 32.8 Å². The lowest BCUT2D eigenvalue weighted by atomic mass is 10.1. The van der Waals surface area contributed by atoms with Crippen LogP contribution in [0.15, 0.2) is 53.9 Å². The number of aryl methyl sites for hydroxylation is 1. The van der Waals surface area contributed by atoms with Crippen molar-refractivity contribution in [2.45, 2.75) is 19.7 Å². The van der Waals surface area contributed by atoms with Gasteiger partial charge in [0.25, 0.3) is 5.91 Å². The van der Waals surface area contributed by atoms with E-state index in [-0.39, 0.29) is 12.1 Å². The number of hydrogen-bond donors (Lipinski definition) is 2. The van der Waals surface area contributed by atoms with Gasteiger partial charge in [-0.1, -0.05) is 24.3 Å². The summed E-state index contributed by atoms with van der Waals surface area (Å²) in [6.45, 7) is 2.43. The quantitative estimate of drug-likeness (QED) is 0.749. The molecule has 25 heavy (non-hydrogen) atoms. The van der Waals surface area contributed by atoms with Crippen LogP contribution in [-0.2, 0) is 6.61 Å². The molecular weight excluding hydrogens is 334 g/mol. The molecule has 0 radical (unpaired) electrons. The Kier molecular flexibility index (Phi) is 4.11. The molecule has 0 fully saturated rings. The summed E-state index contributed by atoms with van der Waals surface area (Å²) in [5.74, 6) is 0.704. The minimum Gasteiger partial charge on any atom is -0.487 e. The van der Waals surface area contributed by atoms with E-state index < -0.39 is 0 Å². The van der Waals surface area contributed by atoms with E-state index in [1.165, 1.54) is 0 Å². The fourth-order valence-electron chi connectivity index (χ4n) is 2.76. The normalized spacial score (nSPS) is 15.9. The lowest BCUT2D eigenvalue weighted by Crippen LogP contribution is -2.38. The maximum Gasteiger partial charge on any atom is 0.255 e. The Morgan fingerprint density at radius 3 is 2.68 bits per heavy atom. The van der Waals surface area contributed by atoms with E-state index in [4.69, 9.17) is 4.74 Å². The second-order valence-electron chi connectivity index (χ2n) is 5.81. The number of anilines is 1. The van der Waals surface area contributed by atoms with Crippen LogP contribution < -0.4 is 15.4 Å². The average molecular weight is 351 g/mol. The molecule has 2 heterocycles. The molecule has 0 spiro atoms. The summed E-state index contributed by atoms with van der Waals surface area (Å²) in [5.41, 5.74) is 3.41. The number of nitrogens with one attached hydrogen (secondary N) is 2. The molecule has 1 aliphatic heterocycles. The molecule has 1 aromatic heterocycles. The van der Waals surface area contributed by atoms with Crippen LogP contribution in [0.4, 0.5) is 5.69 Å². The van der Waals surface area contributed by atoms with E-state index in [0.717, 1.165) is 27.7 Å². The Bertz CT molecular complexity index is 905. The van der Waals surface area contributed by atoms with Crippen molar-refractivity contribution >= 4 is 22.9 Å². The standard InChI is InChI=1S/C19H17N3O2S/c1-12-20-14(11-25-12)10-24-15-8-6-13(7-9-15)18-21-17-5-3-2-4-16(17)19(23)22-18/h2-9,11,18,21H,10H2,1H3,(H,22,23). The Balaban J connectivity index is 1.45. The van der Waals surface area contributed by atoms with Gasteiger partial charge in [-0.15, -0.1) is 11.3 Å². The van der Waals surface area contributed by atoms with Gasteiger partial charge in [0.1, 0.15) is 18.5 Å². The molecule has 1 aliphatic rings. The van der Waals surface area contributed by atoms with Crippen molar-refractivity contribution in [2.24, 2.45) is 0 Å². The molecule has 5 nitrogen and oxygen atoms in total. The molecule has 126 valence electrons. The highest BCUT2D eigenvalue weighted by atomic mass is 32.1. The maximum absolute atomic E-state index is 12.2. The lowest BCUT2D eigenvalue weighted by Gasteiger charge is -2.28. The summed E-state index contributed by atoms with van der Waals surface area (Å²) in [4.78, 5) is 16.6. The van der Waals surface area contributed by atoms with Gasteiger partial charge in [-0.05, 0) is 36.8 Å². The minimum absolute atomic E-state index is 0.0708. The van der Waals surface area contributed by atoms with Gasteiger partial charge >= 0.3 is 0 Å². The number of benzene rings is 2. The molecule has 2 N–H and O–H groups in total. The van der Waals surface area contributed by atoms with Crippen molar-refractivity contribution in [3.63, 3.8) is 0 Å². The van der Waals surface area contributed by atoms with Crippen LogP contribution >= 0.6 is 11.3 Å². The van der Waals surface area contributed by atoms with Crippen molar-refractivity contribution < 1.29 is 9.53 Å². The molecule has 0 saturated carbocycles. The molecule has 1 atom stereocenters. The van der Waals surface area contributed by atoms with Gasteiger partial charge in [-0.25, -0.2) is 4.98 Å². The first-order valence-corrected chi connectivity index (χ1v) is 8.87. The highest BCUT2D eigenvalue weighted by Gasteiger charge is 2.23. The van der Waals surface area contributed by atoms with Gasteiger partial charge in [0.2, 0.25) is 0 Å². The zero-order valence-corrected chi connectivity index (χ0v) is 14.5. The number of aromatic nitrogens is 1. The Morgan fingerprint density at radius 2 is 1.92 bits per heavy atom. The van der Waals surface area contributed by atoms with Crippen molar-refractivity contribution in [1.82, 2.24) is 10.3 Å². The first-order valence-electron chi connectivity index (χ1n) is 7.99. The molecule has 1 amide bonds. The largest absolute Gasteiger partial charge is 0.487 e. The third-order valence-corrected chi connectivity index (χ3v) is 4.84. The molecular formula is C19H17N3O2S. The highest BCUT2D eigenvalue weighted by Crippen LogP contribution is 2.27. The average Bonchev–Trinajstić information content (AvgIpc) is 3.06. The number of ether oxygens (including phenoxy) is 1. The van der Waals surface area contributed by atoms with Crippen LogP contribution in [0.3, 0.4) is 0 Å². The summed E-state index contributed by atoms with van der Waals surface area (Å²) < 4.78 is 5.76. The number of rotatable bonds is 4. The van der Waals surface area contributed by atoms with Crippen LogP contribution in [0.25, 0.3) is 0 Å². The number of thiazole rings is 1. The third kappa shape index (κ3) is 3.34. The number of carbonyl (C=O) groups is 1. The van der Waals surface area contributed by atoms with Crippen LogP contribution in [-0.4, -0.2) is 10.9 Å². The number of nitrogens with zero attached hydrogens (tertiary/aromatic N) is 1. The van der Waals surface area contributed by atoms with Crippen molar-refractivity contribution in [3.8, 4) is 5.75 Å². The van der Waals surface area contributed by atoms with Gasteiger partial charge in [0.15, 0.2) is 0 Å². The highest BCUT2D eigenvalue weighted by molar-refractivity contribution is 7.09. The number of para-hydroxylation sites is 1. The minimum atomic E-state index is -0.252. The van der Waals surface area contributed by atoms with E-state index in [2.05, 4.69) is 15.6 Å². The van der Waals surface area contributed by atoms with Crippen molar-refractivity contribution in [2.75, 3.05) is 5.32 Å². The molecule has 6 heteroatoms. The number of hydrogen-bond acceptors (Lipinski definition) is 5. The predicted molar refractivity (Wildman–Crippen MR) is 97.9 cm³/mol. The Labute approximate surface area is 149 Å². The van der Waals surface area contributed by atoms with E-state index >= 15 is 0 Å². The number of fused-ring (bicyclic) bond motifs is 1. The molecule has 0 bridgehead atoms. The first-order chi connectivity index (χ1) is 12.2. The molecule has 2 aromatic carbocycles. The fourth-order valence-corrected chi connectivity index (χ4v) is 3.36.